The Hall–Kier alpha value is -0.660. The van der Waals surface area contributed by atoms with Gasteiger partial charge in [0.2, 0.25) is 0 Å². The second-order valence-electron chi connectivity index (χ2n) is 3.73. The number of amidine groups is 1. The number of nitrogen functional groups attached to an aromatic ring is 1. The average Bonchev–Trinajstić information content (AvgIpc) is 2.26. The predicted octanol–water partition coefficient (Wildman–Crippen LogP) is 1.83. The maximum atomic E-state index is 11.1. The molecule has 0 unspecified atom stereocenters. The Labute approximate surface area is 116 Å². The van der Waals surface area contributed by atoms with Crippen LogP contribution in [0.15, 0.2) is 28.0 Å². The zero-order chi connectivity index (χ0) is 13.8. The maximum Gasteiger partial charge on any atom is 0.148 e. The minimum atomic E-state index is -2.95. The fourth-order valence-corrected chi connectivity index (χ4v) is 4.38. The molecular weight excluding hydrogens is 288 g/mol. The second-order valence-corrected chi connectivity index (χ2v) is 7.97. The number of thioether (sulfide) groups is 2. The molecule has 0 bridgehead atoms. The summed E-state index contributed by atoms with van der Waals surface area (Å²) in [5.74, 6) is 0.608. The van der Waals surface area contributed by atoms with Gasteiger partial charge in [0.05, 0.1) is 5.75 Å². The molecule has 0 saturated carbocycles. The lowest BCUT2D eigenvalue weighted by Gasteiger charge is -2.11. The highest BCUT2D eigenvalue weighted by molar-refractivity contribution is 8.01. The van der Waals surface area contributed by atoms with Gasteiger partial charge < -0.3 is 5.73 Å². The van der Waals surface area contributed by atoms with Crippen LogP contribution in [-0.4, -0.2) is 38.3 Å². The van der Waals surface area contributed by atoms with Gasteiger partial charge in [-0.15, -0.1) is 23.5 Å². The zero-order valence-corrected chi connectivity index (χ0v) is 12.7. The van der Waals surface area contributed by atoms with Crippen LogP contribution in [0.1, 0.15) is 5.56 Å². The largest absolute Gasteiger partial charge is 0.384 e. The molecule has 0 fully saturated rings. The molecule has 18 heavy (non-hydrogen) atoms. The van der Waals surface area contributed by atoms with Gasteiger partial charge in [-0.2, -0.15) is 0 Å². The molecule has 1 aromatic rings. The highest BCUT2D eigenvalue weighted by Gasteiger charge is 2.12. The lowest BCUT2D eigenvalue weighted by molar-refractivity contribution is 0.603. The topological polar surface area (TPSA) is 84.0 Å². The van der Waals surface area contributed by atoms with E-state index in [9.17, 15) is 8.42 Å². The summed E-state index contributed by atoms with van der Waals surface area (Å²) in [5, 5.41) is 7.61. The van der Waals surface area contributed by atoms with Gasteiger partial charge in [-0.1, -0.05) is 6.07 Å². The molecule has 1 rings (SSSR count). The summed E-state index contributed by atoms with van der Waals surface area (Å²) >= 11 is 2.94. The maximum absolute atomic E-state index is 11.1. The number of nitrogens with two attached hydrogens (primary N) is 1. The summed E-state index contributed by atoms with van der Waals surface area (Å²) in [4.78, 5) is 1.80. The lowest BCUT2D eigenvalue weighted by atomic mass is 10.2. The van der Waals surface area contributed by atoms with Crippen LogP contribution in [0.2, 0.25) is 0 Å². The molecule has 0 aliphatic heterocycles. The van der Waals surface area contributed by atoms with Crippen molar-refractivity contribution in [2.75, 3.05) is 24.0 Å². The van der Waals surface area contributed by atoms with Crippen molar-refractivity contribution in [3.05, 3.63) is 23.8 Å². The number of rotatable bonds is 6. The Morgan fingerprint density at radius 1 is 1.39 bits per heavy atom. The van der Waals surface area contributed by atoms with Crippen molar-refractivity contribution in [2.24, 2.45) is 5.73 Å². The average molecular weight is 304 g/mol. The highest BCUT2D eigenvalue weighted by atomic mass is 32.2. The van der Waals surface area contributed by atoms with Crippen molar-refractivity contribution >= 4 is 39.2 Å². The van der Waals surface area contributed by atoms with Gasteiger partial charge in [0, 0.05) is 27.4 Å². The Balaban J connectivity index is 2.92. The van der Waals surface area contributed by atoms with Gasteiger partial charge in [0.15, 0.2) is 0 Å². The minimum Gasteiger partial charge on any atom is -0.384 e. The van der Waals surface area contributed by atoms with Crippen LogP contribution in [0.5, 0.6) is 0 Å². The molecule has 0 aromatic heterocycles. The molecule has 0 aliphatic rings. The summed E-state index contributed by atoms with van der Waals surface area (Å²) in [7, 11) is -2.95. The summed E-state index contributed by atoms with van der Waals surface area (Å²) in [6, 6.07) is 5.66. The molecule has 0 radical (unpaired) electrons. The summed E-state index contributed by atoms with van der Waals surface area (Å²) in [6.45, 7) is 0. The molecular formula is C11H16N2O2S3. The van der Waals surface area contributed by atoms with E-state index in [0.717, 1.165) is 9.79 Å². The van der Waals surface area contributed by atoms with Crippen LogP contribution in [0.4, 0.5) is 0 Å². The van der Waals surface area contributed by atoms with E-state index in [4.69, 9.17) is 11.1 Å². The standard InChI is InChI=1S/C11H16N2O2S3/c1-16-8-4-3-5-9(10(8)11(12)13)17-6-7-18(2,14)15/h3-5H,6-7H2,1-2H3,(H3,12,13). The third-order valence-electron chi connectivity index (χ3n) is 2.19. The highest BCUT2D eigenvalue weighted by Crippen LogP contribution is 2.30. The Bertz CT molecular complexity index is 541. The van der Waals surface area contributed by atoms with E-state index in [1.165, 1.54) is 29.8 Å². The van der Waals surface area contributed by atoms with E-state index in [0.29, 0.717) is 11.3 Å². The predicted molar refractivity (Wildman–Crippen MR) is 79.7 cm³/mol. The minimum absolute atomic E-state index is 0.0156. The third-order valence-corrected chi connectivity index (χ3v) is 5.23. The molecule has 0 heterocycles. The van der Waals surface area contributed by atoms with Crippen molar-refractivity contribution in [1.29, 1.82) is 5.41 Å². The number of nitrogens with one attached hydrogen (secondary N) is 1. The molecule has 0 aliphatic carbocycles. The zero-order valence-electron chi connectivity index (χ0n) is 10.3. The van der Waals surface area contributed by atoms with Gasteiger partial charge in [-0.05, 0) is 18.4 Å². The van der Waals surface area contributed by atoms with Gasteiger partial charge in [-0.25, -0.2) is 8.42 Å². The molecule has 0 amide bonds. The normalized spacial score (nSPS) is 11.4. The van der Waals surface area contributed by atoms with Crippen molar-refractivity contribution in [2.45, 2.75) is 9.79 Å². The van der Waals surface area contributed by atoms with E-state index in [-0.39, 0.29) is 11.6 Å². The van der Waals surface area contributed by atoms with Gasteiger partial charge in [0.25, 0.3) is 0 Å². The quantitative estimate of drug-likeness (QED) is 0.476. The van der Waals surface area contributed by atoms with E-state index in [1.807, 2.05) is 24.5 Å². The number of hydrogen-bond acceptors (Lipinski definition) is 5. The number of hydrogen-bond donors (Lipinski definition) is 2. The molecule has 3 N–H and O–H groups in total. The van der Waals surface area contributed by atoms with Gasteiger partial charge >= 0.3 is 0 Å². The first-order chi connectivity index (χ1) is 8.35. The SMILES string of the molecule is CSc1cccc(SCCS(C)(=O)=O)c1C(=N)N. The van der Waals surface area contributed by atoms with E-state index >= 15 is 0 Å². The van der Waals surface area contributed by atoms with Crippen molar-refractivity contribution in [3.8, 4) is 0 Å². The Morgan fingerprint density at radius 3 is 2.50 bits per heavy atom. The van der Waals surface area contributed by atoms with Crippen LogP contribution in [0, 0.1) is 5.41 Å². The molecule has 7 heteroatoms. The molecule has 100 valence electrons. The van der Waals surface area contributed by atoms with E-state index in [1.54, 1.807) is 0 Å². The fraction of sp³-hybridized carbons (Fsp3) is 0.364. The van der Waals surface area contributed by atoms with E-state index in [2.05, 4.69) is 0 Å². The molecule has 0 atom stereocenters. The third kappa shape index (κ3) is 4.55. The van der Waals surface area contributed by atoms with Crippen molar-refractivity contribution in [3.63, 3.8) is 0 Å². The smallest absolute Gasteiger partial charge is 0.148 e. The first-order valence-corrected chi connectivity index (χ1v) is 9.44. The summed E-state index contributed by atoms with van der Waals surface area (Å²) < 4.78 is 22.2. The molecule has 1 aromatic carbocycles. The Morgan fingerprint density at radius 2 is 2.00 bits per heavy atom. The van der Waals surface area contributed by atoms with E-state index < -0.39 is 9.84 Å². The van der Waals surface area contributed by atoms with Crippen LogP contribution in [0.3, 0.4) is 0 Å². The van der Waals surface area contributed by atoms with Gasteiger partial charge in [-0.3, -0.25) is 5.41 Å². The van der Waals surface area contributed by atoms with Crippen LogP contribution >= 0.6 is 23.5 Å². The van der Waals surface area contributed by atoms with Crippen LogP contribution < -0.4 is 5.73 Å². The van der Waals surface area contributed by atoms with Crippen molar-refractivity contribution < 1.29 is 8.42 Å². The first-order valence-electron chi connectivity index (χ1n) is 5.17. The fourth-order valence-electron chi connectivity index (χ4n) is 1.37. The molecule has 0 spiro atoms. The second kappa shape index (κ2) is 6.49. The van der Waals surface area contributed by atoms with Crippen LogP contribution in [-0.2, 0) is 9.84 Å². The molecule has 0 saturated heterocycles. The summed E-state index contributed by atoms with van der Waals surface area (Å²) in [5.41, 5.74) is 6.28. The monoisotopic (exact) mass is 304 g/mol. The van der Waals surface area contributed by atoms with Crippen molar-refractivity contribution in [1.82, 2.24) is 0 Å². The van der Waals surface area contributed by atoms with Crippen LogP contribution in [0.25, 0.3) is 0 Å². The lowest BCUT2D eigenvalue weighted by Crippen LogP contribution is -2.14. The number of benzene rings is 1. The molecule has 4 nitrogen and oxygen atoms in total. The summed E-state index contributed by atoms with van der Waals surface area (Å²) in [6.07, 6.45) is 3.14. The number of sulfone groups is 1. The Kier molecular flexibility index (Phi) is 5.55. The first kappa shape index (κ1) is 15.4. The van der Waals surface area contributed by atoms with Gasteiger partial charge in [0.1, 0.15) is 15.7 Å².